The molecule has 1 saturated heterocycles. The Bertz CT molecular complexity index is 210. The van der Waals surface area contributed by atoms with Gasteiger partial charge in [-0.15, -0.1) is 0 Å². The Balaban J connectivity index is 0.00000169. The number of hydrogen-bond donors (Lipinski definition) is 5. The van der Waals surface area contributed by atoms with Crippen LogP contribution in [0.2, 0.25) is 0 Å². The summed E-state index contributed by atoms with van der Waals surface area (Å²) in [6.07, 6.45) is -8.72. The van der Waals surface area contributed by atoms with E-state index in [-0.39, 0.29) is 21.7 Å². The number of aliphatic hydroxyl groups excluding tert-OH is 4. The van der Waals surface area contributed by atoms with Crippen LogP contribution in [0.4, 0.5) is 0 Å². The number of carbonyl (C=O) groups is 1. The van der Waals surface area contributed by atoms with Crippen molar-refractivity contribution in [2.45, 2.75) is 30.7 Å². The van der Waals surface area contributed by atoms with E-state index in [1.54, 1.807) is 0 Å². The maximum absolute atomic E-state index is 10.4. The predicted molar refractivity (Wildman–Crippen MR) is 36.5 cm³/mol. The van der Waals surface area contributed by atoms with Gasteiger partial charge in [0.15, 0.2) is 12.4 Å². The van der Waals surface area contributed by atoms with Crippen LogP contribution < -0.4 is 0 Å². The van der Waals surface area contributed by atoms with Gasteiger partial charge < -0.3 is 30.3 Å². The molecule has 0 spiro atoms. The number of hydrogen-bond acceptors (Lipinski definition) is 6. The van der Waals surface area contributed by atoms with Crippen molar-refractivity contribution in [3.63, 3.8) is 0 Å². The van der Waals surface area contributed by atoms with Crippen LogP contribution in [-0.4, -0.2) is 62.2 Å². The first-order valence-electron chi connectivity index (χ1n) is 3.55. The van der Waals surface area contributed by atoms with E-state index in [0.29, 0.717) is 0 Å². The van der Waals surface area contributed by atoms with Crippen molar-refractivity contribution >= 4 is 5.97 Å². The molecule has 0 unspecified atom stereocenters. The minimum atomic E-state index is -1.81. The van der Waals surface area contributed by atoms with Gasteiger partial charge in [0, 0.05) is 21.7 Å². The molecule has 14 heavy (non-hydrogen) atoms. The Hall–Kier alpha value is -0.0157. The van der Waals surface area contributed by atoms with E-state index in [4.69, 9.17) is 25.5 Å². The van der Waals surface area contributed by atoms with E-state index < -0.39 is 36.7 Å². The predicted octanol–water partition coefficient (Wildman–Crippen LogP) is -3.13. The number of ether oxygens (including phenoxy) is 1. The first-order valence-corrected chi connectivity index (χ1v) is 3.55. The molecule has 1 heterocycles. The Morgan fingerprint density at radius 2 is 1.50 bits per heavy atom. The first kappa shape index (κ1) is 14.0. The molecule has 0 bridgehead atoms. The van der Waals surface area contributed by atoms with Crippen LogP contribution in [0.3, 0.4) is 0 Å². The molecular weight excluding hydrogens is 232 g/mol. The molecule has 0 saturated carbocycles. The van der Waals surface area contributed by atoms with Crippen LogP contribution in [0.5, 0.6) is 0 Å². The first-order chi connectivity index (χ1) is 5.95. The van der Waals surface area contributed by atoms with Crippen molar-refractivity contribution in [3.8, 4) is 0 Å². The summed E-state index contributed by atoms with van der Waals surface area (Å²) >= 11 is 0. The van der Waals surface area contributed by atoms with Gasteiger partial charge in [0.2, 0.25) is 0 Å². The summed E-state index contributed by atoms with van der Waals surface area (Å²) in [5.41, 5.74) is 0. The van der Waals surface area contributed by atoms with Gasteiger partial charge in [-0.25, -0.2) is 4.79 Å². The van der Waals surface area contributed by atoms with Crippen LogP contribution in [-0.2, 0) is 31.2 Å². The van der Waals surface area contributed by atoms with Gasteiger partial charge in [0.25, 0.3) is 0 Å². The van der Waals surface area contributed by atoms with Crippen LogP contribution in [0.25, 0.3) is 0 Å². The third-order valence-corrected chi connectivity index (χ3v) is 1.83. The van der Waals surface area contributed by atoms with Gasteiger partial charge >= 0.3 is 5.97 Å². The molecule has 5 atom stereocenters. The Morgan fingerprint density at radius 1 is 1.00 bits per heavy atom. The van der Waals surface area contributed by atoms with Gasteiger partial charge in [-0.2, -0.15) is 0 Å². The average molecular weight is 242 g/mol. The van der Waals surface area contributed by atoms with Gasteiger partial charge in [-0.1, -0.05) is 0 Å². The summed E-state index contributed by atoms with van der Waals surface area (Å²) in [5.74, 6) is -1.52. The zero-order chi connectivity index (χ0) is 10.2. The summed E-state index contributed by atoms with van der Waals surface area (Å²) in [6, 6.07) is 0. The van der Waals surface area contributed by atoms with Crippen molar-refractivity contribution in [2.24, 2.45) is 0 Å². The third kappa shape index (κ3) is 2.51. The Morgan fingerprint density at radius 3 is 1.93 bits per heavy atom. The van der Waals surface area contributed by atoms with Crippen LogP contribution in [0.1, 0.15) is 0 Å². The number of carboxylic acids is 1. The standard InChI is InChI=1S/C6H10O7.Ti/c7-1-2(8)4(5(10)11)13-6(12)3(1)9;/h1-4,6-9,12H,(H,10,11);/t1-,2-,3+,4-,6+;/m0./s1. The molecule has 7 nitrogen and oxygen atoms in total. The minimum Gasteiger partial charge on any atom is -0.479 e. The molecule has 1 aliphatic heterocycles. The number of rotatable bonds is 1. The zero-order valence-corrected chi connectivity index (χ0v) is 8.50. The molecule has 0 aromatic carbocycles. The maximum atomic E-state index is 10.4. The number of carboxylic acid groups (broad SMARTS) is 1. The molecule has 0 amide bonds. The second kappa shape index (κ2) is 5.17. The molecular formula is C6H10O7Ti. The summed E-state index contributed by atoms with van der Waals surface area (Å²) in [7, 11) is 0. The normalized spacial score (nSPS) is 42.7. The summed E-state index contributed by atoms with van der Waals surface area (Å²) in [6.45, 7) is 0. The molecule has 80 valence electrons. The average Bonchev–Trinajstić information content (AvgIpc) is 2.07. The number of aliphatic hydroxyl groups is 4. The third-order valence-electron chi connectivity index (χ3n) is 1.83. The SMILES string of the molecule is O=C(O)[C@H]1O[C@@H](O)[C@H](O)[C@@H](O)[C@@H]1O.[Ti]. The molecule has 5 N–H and O–H groups in total. The Kier molecular flexibility index (Phi) is 5.17. The van der Waals surface area contributed by atoms with Gasteiger partial charge in [0.1, 0.15) is 18.3 Å². The van der Waals surface area contributed by atoms with Crippen LogP contribution >= 0.6 is 0 Å². The monoisotopic (exact) mass is 242 g/mol. The van der Waals surface area contributed by atoms with Crippen LogP contribution in [0, 0.1) is 0 Å². The van der Waals surface area contributed by atoms with Crippen molar-refractivity contribution in [1.29, 1.82) is 0 Å². The van der Waals surface area contributed by atoms with E-state index in [1.165, 1.54) is 0 Å². The van der Waals surface area contributed by atoms with E-state index in [2.05, 4.69) is 4.74 Å². The maximum Gasteiger partial charge on any atom is 0.335 e. The molecule has 1 fully saturated rings. The van der Waals surface area contributed by atoms with Crippen LogP contribution in [0.15, 0.2) is 0 Å². The molecule has 0 aliphatic carbocycles. The van der Waals surface area contributed by atoms with Crippen molar-refractivity contribution in [1.82, 2.24) is 0 Å². The quantitative estimate of drug-likeness (QED) is 0.307. The van der Waals surface area contributed by atoms with Gasteiger partial charge in [0.05, 0.1) is 0 Å². The van der Waals surface area contributed by atoms with Gasteiger partial charge in [-0.3, -0.25) is 0 Å². The zero-order valence-electron chi connectivity index (χ0n) is 6.94. The number of aliphatic carboxylic acids is 1. The molecule has 8 heteroatoms. The summed E-state index contributed by atoms with van der Waals surface area (Å²) < 4.78 is 4.34. The van der Waals surface area contributed by atoms with Crippen molar-refractivity contribution in [3.05, 3.63) is 0 Å². The van der Waals surface area contributed by atoms with E-state index in [1.807, 2.05) is 0 Å². The minimum absolute atomic E-state index is 0. The van der Waals surface area contributed by atoms with E-state index in [0.717, 1.165) is 0 Å². The fourth-order valence-electron chi connectivity index (χ4n) is 1.07. The molecule has 0 aromatic rings. The van der Waals surface area contributed by atoms with E-state index in [9.17, 15) is 4.79 Å². The topological polar surface area (TPSA) is 127 Å². The molecule has 1 aliphatic rings. The largest absolute Gasteiger partial charge is 0.479 e. The van der Waals surface area contributed by atoms with Crippen molar-refractivity contribution < 1.29 is 56.8 Å². The van der Waals surface area contributed by atoms with Gasteiger partial charge in [-0.05, 0) is 0 Å². The molecule has 0 aromatic heterocycles. The molecule has 0 radical (unpaired) electrons. The summed E-state index contributed by atoms with van der Waals surface area (Å²) in [5, 5.41) is 44.4. The molecule has 1 rings (SSSR count). The van der Waals surface area contributed by atoms with E-state index >= 15 is 0 Å². The Labute approximate surface area is 93.8 Å². The smallest absolute Gasteiger partial charge is 0.335 e. The second-order valence-corrected chi connectivity index (χ2v) is 2.76. The fourth-order valence-corrected chi connectivity index (χ4v) is 1.07. The summed E-state index contributed by atoms with van der Waals surface area (Å²) in [4.78, 5) is 10.4. The fraction of sp³-hybridized carbons (Fsp3) is 0.833. The van der Waals surface area contributed by atoms with Crippen molar-refractivity contribution in [2.75, 3.05) is 0 Å². The second-order valence-electron chi connectivity index (χ2n) is 2.76.